The molecule has 2 aromatic rings. The van der Waals surface area contributed by atoms with E-state index in [1.54, 1.807) is 11.0 Å². The van der Waals surface area contributed by atoms with Crippen LogP contribution in [0.25, 0.3) is 0 Å². The minimum absolute atomic E-state index is 0.998. The molecule has 0 fully saturated rings. The Morgan fingerprint density at radius 3 is 2.62 bits per heavy atom. The third-order valence-electron chi connectivity index (χ3n) is 1.59. The number of hydrazine groups is 1. The minimum Gasteiger partial charge on any atom is -0.285 e. The summed E-state index contributed by atoms with van der Waals surface area (Å²) in [5.74, 6) is 0. The standard InChI is InChI=1S/C9H10N4/c1-2-5-9(6-3-1)11-12-13-8-4-7-10-13/h1-8,11-12H. The molecule has 2 N–H and O–H groups in total. The van der Waals surface area contributed by atoms with Gasteiger partial charge in [0.2, 0.25) is 0 Å². The molecule has 4 heteroatoms. The second-order valence-corrected chi connectivity index (χ2v) is 2.55. The highest BCUT2D eigenvalue weighted by Gasteiger charge is 1.87. The van der Waals surface area contributed by atoms with Gasteiger partial charge in [0.1, 0.15) is 0 Å². The summed E-state index contributed by atoms with van der Waals surface area (Å²) in [4.78, 5) is 1.59. The SMILES string of the molecule is c1ccc(NNn2cccn2)cc1. The van der Waals surface area contributed by atoms with Crippen LogP contribution in [0.3, 0.4) is 0 Å². The van der Waals surface area contributed by atoms with Gasteiger partial charge in [0, 0.05) is 0 Å². The summed E-state index contributed by atoms with van der Waals surface area (Å²) in [6, 6.07) is 11.7. The topological polar surface area (TPSA) is 41.9 Å². The lowest BCUT2D eigenvalue weighted by atomic mass is 10.3. The zero-order valence-electron chi connectivity index (χ0n) is 7.01. The van der Waals surface area contributed by atoms with E-state index >= 15 is 0 Å². The fraction of sp³-hybridized carbons (Fsp3) is 0. The summed E-state index contributed by atoms with van der Waals surface area (Å²) in [7, 11) is 0. The van der Waals surface area contributed by atoms with Gasteiger partial charge in [-0.25, -0.2) is 5.53 Å². The van der Waals surface area contributed by atoms with Gasteiger partial charge < -0.3 is 0 Å². The van der Waals surface area contributed by atoms with E-state index in [-0.39, 0.29) is 0 Å². The third kappa shape index (κ3) is 1.99. The second kappa shape index (κ2) is 3.62. The average Bonchev–Trinajstić information content (AvgIpc) is 2.69. The van der Waals surface area contributed by atoms with E-state index in [4.69, 9.17) is 0 Å². The third-order valence-corrected chi connectivity index (χ3v) is 1.59. The van der Waals surface area contributed by atoms with Crippen LogP contribution in [0.15, 0.2) is 48.8 Å². The van der Waals surface area contributed by atoms with Crippen LogP contribution in [0.2, 0.25) is 0 Å². The summed E-state index contributed by atoms with van der Waals surface area (Å²) >= 11 is 0. The summed E-state index contributed by atoms with van der Waals surface area (Å²) in [5, 5.41) is 3.97. The van der Waals surface area contributed by atoms with Gasteiger partial charge in [-0.2, -0.15) is 9.89 Å². The van der Waals surface area contributed by atoms with E-state index in [0.29, 0.717) is 0 Å². The Hall–Kier alpha value is -1.97. The maximum atomic E-state index is 3.97. The van der Waals surface area contributed by atoms with Crippen molar-refractivity contribution in [2.75, 3.05) is 11.0 Å². The van der Waals surface area contributed by atoms with E-state index < -0.39 is 0 Å². The number of aromatic nitrogens is 2. The molecular formula is C9H10N4. The van der Waals surface area contributed by atoms with Gasteiger partial charge in [-0.3, -0.25) is 5.43 Å². The molecule has 66 valence electrons. The van der Waals surface area contributed by atoms with Gasteiger partial charge in [-0.05, 0) is 18.2 Å². The fourth-order valence-electron chi connectivity index (χ4n) is 0.978. The first-order chi connectivity index (χ1) is 6.45. The van der Waals surface area contributed by atoms with Crippen molar-refractivity contribution in [2.45, 2.75) is 0 Å². The smallest absolute Gasteiger partial charge is 0.0555 e. The van der Waals surface area contributed by atoms with E-state index in [1.165, 1.54) is 0 Å². The van der Waals surface area contributed by atoms with Gasteiger partial charge >= 0.3 is 0 Å². The summed E-state index contributed by atoms with van der Waals surface area (Å²) < 4.78 is 0. The number of rotatable bonds is 3. The van der Waals surface area contributed by atoms with Gasteiger partial charge in [0.05, 0.1) is 18.1 Å². The molecule has 0 saturated heterocycles. The van der Waals surface area contributed by atoms with Gasteiger partial charge in [-0.15, -0.1) is 0 Å². The Kier molecular flexibility index (Phi) is 2.14. The van der Waals surface area contributed by atoms with Crippen LogP contribution >= 0.6 is 0 Å². The lowest BCUT2D eigenvalue weighted by molar-refractivity contribution is 0.776. The molecule has 0 saturated carbocycles. The zero-order chi connectivity index (χ0) is 8.93. The predicted molar refractivity (Wildman–Crippen MR) is 51.7 cm³/mol. The van der Waals surface area contributed by atoms with Crippen LogP contribution in [-0.2, 0) is 0 Å². The van der Waals surface area contributed by atoms with Crippen molar-refractivity contribution in [1.82, 2.24) is 9.89 Å². The zero-order valence-corrected chi connectivity index (χ0v) is 7.01. The number of benzene rings is 1. The molecule has 0 radical (unpaired) electrons. The van der Waals surface area contributed by atoms with Crippen LogP contribution in [0.1, 0.15) is 0 Å². The largest absolute Gasteiger partial charge is 0.285 e. The molecule has 1 aromatic heterocycles. The van der Waals surface area contributed by atoms with Crippen molar-refractivity contribution in [2.24, 2.45) is 0 Å². The Balaban J connectivity index is 1.94. The Morgan fingerprint density at radius 2 is 1.92 bits per heavy atom. The molecular weight excluding hydrogens is 164 g/mol. The van der Waals surface area contributed by atoms with Crippen LogP contribution in [0.5, 0.6) is 0 Å². The summed E-state index contributed by atoms with van der Waals surface area (Å²) in [6.07, 6.45) is 3.52. The second-order valence-electron chi connectivity index (χ2n) is 2.55. The quantitative estimate of drug-likeness (QED) is 0.692. The maximum absolute atomic E-state index is 3.97. The Bertz CT molecular complexity index is 341. The number of hydrogen-bond donors (Lipinski definition) is 2. The highest BCUT2D eigenvalue weighted by Crippen LogP contribution is 2.02. The monoisotopic (exact) mass is 174 g/mol. The van der Waals surface area contributed by atoms with Crippen LogP contribution in [-0.4, -0.2) is 9.89 Å². The molecule has 2 rings (SSSR count). The fourth-order valence-corrected chi connectivity index (χ4v) is 0.978. The molecule has 0 aliphatic heterocycles. The lowest BCUT2D eigenvalue weighted by Crippen LogP contribution is -2.21. The van der Waals surface area contributed by atoms with Crippen molar-refractivity contribution in [3.63, 3.8) is 0 Å². The van der Waals surface area contributed by atoms with Crippen LogP contribution < -0.4 is 11.0 Å². The molecule has 0 aliphatic carbocycles. The normalized spacial score (nSPS) is 9.54. The van der Waals surface area contributed by atoms with Gasteiger partial charge in [0.25, 0.3) is 0 Å². The number of hydrogen-bond acceptors (Lipinski definition) is 3. The average molecular weight is 174 g/mol. The van der Waals surface area contributed by atoms with E-state index in [1.807, 2.05) is 42.6 Å². The van der Waals surface area contributed by atoms with Crippen LogP contribution in [0, 0.1) is 0 Å². The molecule has 0 unspecified atom stereocenters. The molecule has 4 nitrogen and oxygen atoms in total. The van der Waals surface area contributed by atoms with E-state index in [2.05, 4.69) is 16.1 Å². The number of nitrogens with zero attached hydrogens (tertiary/aromatic N) is 2. The highest BCUT2D eigenvalue weighted by atomic mass is 15.7. The molecule has 1 heterocycles. The van der Waals surface area contributed by atoms with Crippen molar-refractivity contribution >= 4 is 5.69 Å². The Labute approximate surface area is 76.1 Å². The first kappa shape index (κ1) is 7.67. The molecule has 1 aromatic carbocycles. The molecule has 0 bridgehead atoms. The maximum Gasteiger partial charge on any atom is 0.0555 e. The highest BCUT2D eigenvalue weighted by molar-refractivity contribution is 5.42. The van der Waals surface area contributed by atoms with Crippen molar-refractivity contribution in [3.8, 4) is 0 Å². The number of nitrogens with one attached hydrogen (secondary N) is 2. The number of para-hydroxylation sites is 1. The predicted octanol–water partition coefficient (Wildman–Crippen LogP) is 1.45. The Morgan fingerprint density at radius 1 is 1.08 bits per heavy atom. The summed E-state index contributed by atoms with van der Waals surface area (Å²) in [5.41, 5.74) is 6.89. The number of anilines is 1. The first-order valence-electron chi connectivity index (χ1n) is 4.02. The molecule has 0 spiro atoms. The van der Waals surface area contributed by atoms with Crippen molar-refractivity contribution in [3.05, 3.63) is 48.8 Å². The van der Waals surface area contributed by atoms with Gasteiger partial charge in [0.15, 0.2) is 0 Å². The van der Waals surface area contributed by atoms with Crippen molar-refractivity contribution < 1.29 is 0 Å². The van der Waals surface area contributed by atoms with E-state index in [9.17, 15) is 0 Å². The molecule has 0 amide bonds. The lowest BCUT2D eigenvalue weighted by Gasteiger charge is -2.08. The molecule has 0 aliphatic rings. The van der Waals surface area contributed by atoms with Gasteiger partial charge in [-0.1, -0.05) is 18.2 Å². The van der Waals surface area contributed by atoms with Crippen molar-refractivity contribution in [1.29, 1.82) is 0 Å². The molecule has 13 heavy (non-hydrogen) atoms. The van der Waals surface area contributed by atoms with E-state index in [0.717, 1.165) is 5.69 Å². The summed E-state index contributed by atoms with van der Waals surface area (Å²) in [6.45, 7) is 0. The van der Waals surface area contributed by atoms with Crippen LogP contribution in [0.4, 0.5) is 5.69 Å². The molecule has 0 atom stereocenters. The minimum atomic E-state index is 0.998. The first-order valence-corrected chi connectivity index (χ1v) is 4.02.